The number of aliphatic hydroxyl groups is 1. The Bertz CT molecular complexity index is 1820. The Morgan fingerprint density at radius 3 is 0.809 bits per heavy atom. The molecular weight excluding hydrogens is 1230 g/mol. The highest BCUT2D eigenvalue weighted by molar-refractivity contribution is 7.47. The van der Waals surface area contributed by atoms with Gasteiger partial charge in [-0.05, 0) is 37.5 Å². The molecule has 0 bridgehead atoms. The van der Waals surface area contributed by atoms with Crippen molar-refractivity contribution in [2.75, 3.05) is 39.6 Å². The van der Waals surface area contributed by atoms with Crippen molar-refractivity contribution in [2.24, 2.45) is 11.8 Å². The van der Waals surface area contributed by atoms with Crippen molar-refractivity contribution < 1.29 is 80.2 Å². The van der Waals surface area contributed by atoms with Gasteiger partial charge in [-0.25, -0.2) is 9.13 Å². The van der Waals surface area contributed by atoms with Crippen molar-refractivity contribution in [3.63, 3.8) is 0 Å². The van der Waals surface area contributed by atoms with Gasteiger partial charge in [0.2, 0.25) is 0 Å². The van der Waals surface area contributed by atoms with Crippen LogP contribution in [0.3, 0.4) is 0 Å². The van der Waals surface area contributed by atoms with Gasteiger partial charge < -0.3 is 33.8 Å². The molecule has 0 radical (unpaired) electrons. The van der Waals surface area contributed by atoms with Crippen molar-refractivity contribution in [3.05, 3.63) is 0 Å². The van der Waals surface area contributed by atoms with Gasteiger partial charge in [0.25, 0.3) is 0 Å². The van der Waals surface area contributed by atoms with Gasteiger partial charge in [0.1, 0.15) is 19.3 Å². The third-order valence-electron chi connectivity index (χ3n) is 17.8. The average Bonchev–Trinajstić information content (AvgIpc) is 1.25. The van der Waals surface area contributed by atoms with E-state index in [1.165, 1.54) is 199 Å². The molecule has 6 atom stereocenters. The van der Waals surface area contributed by atoms with Gasteiger partial charge in [-0.15, -0.1) is 0 Å². The summed E-state index contributed by atoms with van der Waals surface area (Å²) < 4.78 is 68.3. The monoisotopic (exact) mass is 1380 g/mol. The summed E-state index contributed by atoms with van der Waals surface area (Å²) in [5, 5.41) is 10.6. The van der Waals surface area contributed by atoms with Gasteiger partial charge >= 0.3 is 39.5 Å². The van der Waals surface area contributed by atoms with E-state index in [1.807, 2.05) is 0 Å². The van der Waals surface area contributed by atoms with Crippen LogP contribution in [-0.4, -0.2) is 96.7 Å². The number of aliphatic hydroxyl groups excluding tert-OH is 1. The highest BCUT2D eigenvalue weighted by Gasteiger charge is 2.30. The van der Waals surface area contributed by atoms with Crippen LogP contribution in [0.4, 0.5) is 0 Å². The SMILES string of the molecule is CCCCCCCCCCCCCCCCCCCCCCCCC(=O)O[C@H](COC(=O)CCCCCCCCCCCCCC(C)C)COP(=O)(O)OC[C@@H](O)COP(=O)(O)OC[C@@H](COC(=O)CCCCCCCCCC)OC(=O)CCCCCCCCC(C)CC. The zero-order valence-electron chi connectivity index (χ0n) is 61.3. The molecule has 0 aliphatic carbocycles. The summed E-state index contributed by atoms with van der Waals surface area (Å²) in [6.07, 6.45) is 54.4. The topological polar surface area (TPSA) is 237 Å². The first-order valence-electron chi connectivity index (χ1n) is 39.0. The molecule has 3 unspecified atom stereocenters. The van der Waals surface area contributed by atoms with Crippen LogP contribution in [0, 0.1) is 11.8 Å². The molecule has 0 aromatic heterocycles. The Labute approximate surface area is 575 Å². The third-order valence-corrected chi connectivity index (χ3v) is 19.7. The summed E-state index contributed by atoms with van der Waals surface area (Å²) in [6.45, 7) is 9.50. The fourth-order valence-corrected chi connectivity index (χ4v) is 13.0. The molecule has 0 aromatic carbocycles. The largest absolute Gasteiger partial charge is 0.472 e. The highest BCUT2D eigenvalue weighted by Crippen LogP contribution is 2.45. The van der Waals surface area contributed by atoms with E-state index < -0.39 is 97.5 Å². The number of rotatable bonds is 74. The standard InChI is InChI=1S/C75H146O17P2/c1-7-10-12-14-16-18-19-20-21-22-23-24-25-26-27-28-29-32-36-40-47-53-59-74(79)91-70(63-86-73(78)58-52-46-39-35-33-30-31-34-37-43-49-55-67(4)5)65-89-93(81,82)87-61-69(76)62-88-94(83,84)90-66-71(64-85-72(77)57-51-45-38-17-15-13-11-8-2)92-75(80)60-54-48-42-41-44-50-56-68(6)9-3/h67-71,76H,7-66H2,1-6H3,(H,81,82)(H,83,84)/t68?,69-,70-,71-/m1/s1. The molecule has 0 spiro atoms. The predicted octanol–water partition coefficient (Wildman–Crippen LogP) is 21.9. The number of hydrogen-bond acceptors (Lipinski definition) is 15. The smallest absolute Gasteiger partial charge is 0.462 e. The van der Waals surface area contributed by atoms with E-state index in [2.05, 4.69) is 41.5 Å². The van der Waals surface area contributed by atoms with Gasteiger partial charge in [0.05, 0.1) is 26.4 Å². The van der Waals surface area contributed by atoms with Crippen LogP contribution in [0.2, 0.25) is 0 Å². The zero-order chi connectivity index (χ0) is 69.3. The van der Waals surface area contributed by atoms with Crippen LogP contribution >= 0.6 is 15.6 Å². The number of ether oxygens (including phenoxy) is 4. The molecule has 0 rings (SSSR count). The molecule has 94 heavy (non-hydrogen) atoms. The molecule has 0 saturated carbocycles. The number of unbranched alkanes of at least 4 members (excludes halogenated alkanes) is 43. The molecule has 558 valence electrons. The van der Waals surface area contributed by atoms with Crippen molar-refractivity contribution in [1.29, 1.82) is 0 Å². The van der Waals surface area contributed by atoms with Crippen LogP contribution in [0.25, 0.3) is 0 Å². The van der Waals surface area contributed by atoms with Gasteiger partial charge in [-0.3, -0.25) is 37.3 Å². The quantitative estimate of drug-likeness (QED) is 0.0222. The molecule has 3 N–H and O–H groups in total. The summed E-state index contributed by atoms with van der Waals surface area (Å²) in [4.78, 5) is 72.6. The molecule has 0 aliphatic rings. The number of carbonyl (C=O) groups excluding carboxylic acids is 4. The minimum atomic E-state index is -4.96. The van der Waals surface area contributed by atoms with E-state index in [4.69, 9.17) is 37.0 Å². The molecule has 17 nitrogen and oxygen atoms in total. The molecule has 0 aliphatic heterocycles. The van der Waals surface area contributed by atoms with Crippen LogP contribution in [-0.2, 0) is 65.4 Å². The summed E-state index contributed by atoms with van der Waals surface area (Å²) in [5.41, 5.74) is 0. The lowest BCUT2D eigenvalue weighted by atomic mass is 10.00. The third kappa shape index (κ3) is 67.3. The Balaban J connectivity index is 5.16. The maximum absolute atomic E-state index is 13.1. The van der Waals surface area contributed by atoms with E-state index >= 15 is 0 Å². The zero-order valence-corrected chi connectivity index (χ0v) is 63.1. The Morgan fingerprint density at radius 2 is 0.543 bits per heavy atom. The van der Waals surface area contributed by atoms with Gasteiger partial charge in [-0.2, -0.15) is 0 Å². The molecule has 0 aromatic rings. The minimum Gasteiger partial charge on any atom is -0.462 e. The Kier molecular flexibility index (Phi) is 65.5. The van der Waals surface area contributed by atoms with E-state index in [1.54, 1.807) is 0 Å². The second kappa shape index (κ2) is 66.9. The summed E-state index contributed by atoms with van der Waals surface area (Å²) in [6, 6.07) is 0. The number of esters is 4. The molecule has 19 heteroatoms. The van der Waals surface area contributed by atoms with Crippen molar-refractivity contribution in [1.82, 2.24) is 0 Å². The Morgan fingerprint density at radius 1 is 0.309 bits per heavy atom. The van der Waals surface area contributed by atoms with E-state index in [0.717, 1.165) is 108 Å². The van der Waals surface area contributed by atoms with Crippen molar-refractivity contribution >= 4 is 39.5 Å². The first-order valence-corrected chi connectivity index (χ1v) is 42.0. The molecule has 0 saturated heterocycles. The van der Waals surface area contributed by atoms with Crippen molar-refractivity contribution in [2.45, 2.75) is 407 Å². The maximum atomic E-state index is 13.1. The number of phosphoric acid groups is 2. The summed E-state index contributed by atoms with van der Waals surface area (Å²) in [7, 11) is -9.90. The predicted molar refractivity (Wildman–Crippen MR) is 381 cm³/mol. The second-order valence-electron chi connectivity index (χ2n) is 27.8. The van der Waals surface area contributed by atoms with E-state index in [0.29, 0.717) is 25.7 Å². The molecule has 0 amide bonds. The second-order valence-corrected chi connectivity index (χ2v) is 30.7. The number of hydrogen-bond donors (Lipinski definition) is 3. The lowest BCUT2D eigenvalue weighted by Crippen LogP contribution is -2.30. The summed E-state index contributed by atoms with van der Waals surface area (Å²) >= 11 is 0. The van der Waals surface area contributed by atoms with Gasteiger partial charge in [0, 0.05) is 25.7 Å². The number of phosphoric ester groups is 2. The number of carbonyl (C=O) groups is 4. The minimum absolute atomic E-state index is 0.103. The lowest BCUT2D eigenvalue weighted by molar-refractivity contribution is -0.161. The fourth-order valence-electron chi connectivity index (χ4n) is 11.4. The average molecular weight is 1380 g/mol. The molecule has 0 heterocycles. The van der Waals surface area contributed by atoms with Crippen LogP contribution in [0.5, 0.6) is 0 Å². The van der Waals surface area contributed by atoms with E-state index in [-0.39, 0.29) is 25.7 Å². The maximum Gasteiger partial charge on any atom is 0.472 e. The van der Waals surface area contributed by atoms with E-state index in [9.17, 15) is 43.2 Å². The first kappa shape index (κ1) is 92.1. The molecular formula is C75H146O17P2. The first-order chi connectivity index (χ1) is 45.4. The summed E-state index contributed by atoms with van der Waals surface area (Å²) in [5.74, 6) is -0.633. The van der Waals surface area contributed by atoms with Crippen LogP contribution < -0.4 is 0 Å². The van der Waals surface area contributed by atoms with Crippen LogP contribution in [0.15, 0.2) is 0 Å². The Hall–Kier alpha value is -1.94. The normalized spacial score (nSPS) is 14.3. The highest BCUT2D eigenvalue weighted by atomic mass is 31.2. The van der Waals surface area contributed by atoms with Gasteiger partial charge in [-0.1, -0.05) is 337 Å². The molecule has 0 fully saturated rings. The van der Waals surface area contributed by atoms with Gasteiger partial charge in [0.15, 0.2) is 12.2 Å². The van der Waals surface area contributed by atoms with Crippen LogP contribution in [0.1, 0.15) is 388 Å². The lowest BCUT2D eigenvalue weighted by Gasteiger charge is -2.21. The van der Waals surface area contributed by atoms with Crippen molar-refractivity contribution in [3.8, 4) is 0 Å². The fraction of sp³-hybridized carbons (Fsp3) is 0.947.